The highest BCUT2D eigenvalue weighted by Crippen LogP contribution is 2.35. The first-order valence-corrected chi connectivity index (χ1v) is 8.98. The lowest BCUT2D eigenvalue weighted by molar-refractivity contribution is 0.0957. The highest BCUT2D eigenvalue weighted by Gasteiger charge is 2.29. The Morgan fingerprint density at radius 1 is 1.25 bits per heavy atom. The van der Waals surface area contributed by atoms with E-state index in [0.29, 0.717) is 0 Å². The molecule has 2 heterocycles. The van der Waals surface area contributed by atoms with Crippen molar-refractivity contribution >= 4 is 22.5 Å². The van der Waals surface area contributed by atoms with E-state index in [1.54, 1.807) is 0 Å². The predicted octanol–water partition coefficient (Wildman–Crippen LogP) is 2.77. The van der Waals surface area contributed by atoms with Crippen molar-refractivity contribution in [2.75, 3.05) is 19.6 Å². The molecule has 2 aliphatic rings. The molecular weight excluding hydrogens is 300 g/mol. The van der Waals surface area contributed by atoms with E-state index in [1.807, 2.05) is 12.1 Å². The maximum absolute atomic E-state index is 12.4. The van der Waals surface area contributed by atoms with Crippen LogP contribution in [0.25, 0.3) is 10.9 Å². The molecule has 0 spiro atoms. The van der Waals surface area contributed by atoms with Crippen LogP contribution in [-0.2, 0) is 13.0 Å². The van der Waals surface area contributed by atoms with Crippen LogP contribution in [0.3, 0.4) is 0 Å². The quantitative estimate of drug-likeness (QED) is 0.919. The Labute approximate surface area is 142 Å². The van der Waals surface area contributed by atoms with Gasteiger partial charge >= 0.3 is 0 Å². The molecule has 0 atom stereocenters. The molecule has 1 aromatic carbocycles. The Morgan fingerprint density at radius 2 is 2.08 bits per heavy atom. The fraction of sp³-hybridized carbons (Fsp3) is 0.474. The summed E-state index contributed by atoms with van der Waals surface area (Å²) in [6.07, 6.45) is 3.10. The zero-order chi connectivity index (χ0) is 16.7. The summed E-state index contributed by atoms with van der Waals surface area (Å²) in [7, 11) is 0. The highest BCUT2D eigenvalue weighted by atomic mass is 16.2. The van der Waals surface area contributed by atoms with Gasteiger partial charge in [-0.15, -0.1) is 0 Å². The summed E-state index contributed by atoms with van der Waals surface area (Å²) >= 11 is 0. The van der Waals surface area contributed by atoms with Crippen molar-refractivity contribution in [1.29, 1.82) is 0 Å². The number of hydrazone groups is 1. The summed E-state index contributed by atoms with van der Waals surface area (Å²) in [6, 6.07) is 6.05. The molecule has 1 amide bonds. The van der Waals surface area contributed by atoms with Crippen molar-refractivity contribution in [3.8, 4) is 0 Å². The lowest BCUT2D eigenvalue weighted by atomic mass is 9.92. The molecule has 5 nitrogen and oxygen atoms in total. The van der Waals surface area contributed by atoms with Gasteiger partial charge in [0.1, 0.15) is 0 Å². The van der Waals surface area contributed by atoms with Crippen molar-refractivity contribution in [2.45, 2.75) is 39.7 Å². The maximum atomic E-state index is 12.4. The van der Waals surface area contributed by atoms with Gasteiger partial charge in [0, 0.05) is 35.2 Å². The summed E-state index contributed by atoms with van der Waals surface area (Å²) in [6.45, 7) is 8.55. The standard InChI is InChI=1S/C19H24N4O/c1-3-22(4-2)11-12-23-15-9-5-7-13-17(15)18-14(20-21-19(13)24)8-6-10-16(18)23/h5,7,9H,3-4,6,8,10-12H2,1-2H3,(H,21,24). The van der Waals surface area contributed by atoms with Gasteiger partial charge in [-0.25, -0.2) is 5.43 Å². The minimum atomic E-state index is -0.0915. The van der Waals surface area contributed by atoms with E-state index >= 15 is 0 Å². The molecule has 126 valence electrons. The van der Waals surface area contributed by atoms with Crippen molar-refractivity contribution in [1.82, 2.24) is 14.9 Å². The molecule has 24 heavy (non-hydrogen) atoms. The van der Waals surface area contributed by atoms with Gasteiger partial charge in [0.15, 0.2) is 0 Å². The molecule has 1 aromatic heterocycles. The molecule has 2 aromatic rings. The van der Waals surface area contributed by atoms with Crippen LogP contribution in [0.1, 0.15) is 48.3 Å². The minimum absolute atomic E-state index is 0.0915. The Morgan fingerprint density at radius 3 is 2.88 bits per heavy atom. The third-order valence-corrected chi connectivity index (χ3v) is 5.38. The zero-order valence-corrected chi connectivity index (χ0v) is 14.4. The lowest BCUT2D eigenvalue weighted by Crippen LogP contribution is -2.28. The molecule has 0 radical (unpaired) electrons. The Hall–Kier alpha value is -2.14. The number of aromatic nitrogens is 1. The van der Waals surface area contributed by atoms with Crippen LogP contribution in [0.15, 0.2) is 23.3 Å². The fourth-order valence-corrected chi connectivity index (χ4v) is 4.09. The number of benzene rings is 1. The fourth-order valence-electron chi connectivity index (χ4n) is 4.09. The van der Waals surface area contributed by atoms with Gasteiger partial charge in [-0.3, -0.25) is 4.79 Å². The second-order valence-electron chi connectivity index (χ2n) is 6.55. The molecule has 0 saturated carbocycles. The van der Waals surface area contributed by atoms with E-state index in [9.17, 15) is 4.79 Å². The molecule has 5 heteroatoms. The van der Waals surface area contributed by atoms with Gasteiger partial charge in [0.05, 0.1) is 11.3 Å². The van der Waals surface area contributed by atoms with Crippen LogP contribution >= 0.6 is 0 Å². The van der Waals surface area contributed by atoms with Crippen LogP contribution in [0.4, 0.5) is 0 Å². The average Bonchev–Trinajstić information content (AvgIpc) is 2.86. The molecule has 0 fully saturated rings. The van der Waals surface area contributed by atoms with Crippen LogP contribution in [0.2, 0.25) is 0 Å². The second-order valence-corrected chi connectivity index (χ2v) is 6.55. The van der Waals surface area contributed by atoms with Gasteiger partial charge in [0.2, 0.25) is 0 Å². The summed E-state index contributed by atoms with van der Waals surface area (Å²) in [5, 5.41) is 5.51. The number of rotatable bonds is 5. The van der Waals surface area contributed by atoms with Crippen molar-refractivity contribution < 1.29 is 4.79 Å². The first kappa shape index (κ1) is 15.4. The Balaban J connectivity index is 1.89. The smallest absolute Gasteiger partial charge is 0.272 e. The highest BCUT2D eigenvalue weighted by molar-refractivity contribution is 6.20. The molecule has 0 bridgehead atoms. The second kappa shape index (κ2) is 6.06. The Kier molecular flexibility index (Phi) is 3.88. The van der Waals surface area contributed by atoms with Crippen molar-refractivity contribution in [3.05, 3.63) is 35.0 Å². The van der Waals surface area contributed by atoms with Gasteiger partial charge in [0.25, 0.3) is 5.91 Å². The third-order valence-electron chi connectivity index (χ3n) is 5.38. The van der Waals surface area contributed by atoms with Gasteiger partial charge < -0.3 is 9.47 Å². The molecule has 0 unspecified atom stereocenters. The normalized spacial score (nSPS) is 16.3. The molecule has 0 saturated heterocycles. The SMILES string of the molecule is CCN(CC)CCn1c2c3c4c(cccc41)C(=O)NN=C3CCC2. The zero-order valence-electron chi connectivity index (χ0n) is 14.4. The van der Waals surface area contributed by atoms with E-state index in [1.165, 1.54) is 16.8 Å². The summed E-state index contributed by atoms with van der Waals surface area (Å²) in [5.74, 6) is -0.0915. The number of likely N-dealkylation sites (N-methyl/N-ethyl adjacent to an activating group) is 1. The van der Waals surface area contributed by atoms with E-state index < -0.39 is 0 Å². The van der Waals surface area contributed by atoms with Crippen LogP contribution in [0.5, 0.6) is 0 Å². The van der Waals surface area contributed by atoms with E-state index in [2.05, 4.69) is 39.9 Å². The Bertz CT molecular complexity index is 829. The van der Waals surface area contributed by atoms with E-state index in [-0.39, 0.29) is 5.91 Å². The lowest BCUT2D eigenvalue weighted by Gasteiger charge is -2.21. The number of nitrogens with zero attached hydrogens (tertiary/aromatic N) is 3. The number of hydrogen-bond donors (Lipinski definition) is 1. The molecule has 4 rings (SSSR count). The summed E-state index contributed by atoms with van der Waals surface area (Å²) in [4.78, 5) is 14.9. The largest absolute Gasteiger partial charge is 0.343 e. The van der Waals surface area contributed by atoms with E-state index in [4.69, 9.17) is 0 Å². The third kappa shape index (κ3) is 2.26. The van der Waals surface area contributed by atoms with Crippen LogP contribution in [0, 0.1) is 0 Å². The average molecular weight is 324 g/mol. The first-order chi connectivity index (χ1) is 11.7. The monoisotopic (exact) mass is 324 g/mol. The topological polar surface area (TPSA) is 49.6 Å². The molecular formula is C19H24N4O. The predicted molar refractivity (Wildman–Crippen MR) is 96.7 cm³/mol. The van der Waals surface area contributed by atoms with Gasteiger partial charge in [-0.05, 0) is 44.5 Å². The number of carbonyl (C=O) groups excluding carboxylic acids is 1. The van der Waals surface area contributed by atoms with Crippen LogP contribution < -0.4 is 5.43 Å². The van der Waals surface area contributed by atoms with Crippen molar-refractivity contribution in [3.63, 3.8) is 0 Å². The molecule has 1 aliphatic carbocycles. The molecule has 1 N–H and O–H groups in total. The first-order valence-electron chi connectivity index (χ1n) is 8.98. The summed E-state index contributed by atoms with van der Waals surface area (Å²) in [5.41, 5.74) is 8.26. The van der Waals surface area contributed by atoms with Crippen molar-refractivity contribution in [2.24, 2.45) is 5.10 Å². The van der Waals surface area contributed by atoms with Gasteiger partial charge in [-0.1, -0.05) is 19.9 Å². The maximum Gasteiger partial charge on any atom is 0.272 e. The van der Waals surface area contributed by atoms with E-state index in [0.717, 1.165) is 62.1 Å². The van der Waals surface area contributed by atoms with Crippen LogP contribution in [-0.4, -0.2) is 40.7 Å². The summed E-state index contributed by atoms with van der Waals surface area (Å²) < 4.78 is 2.43. The number of nitrogens with one attached hydrogen (secondary N) is 1. The van der Waals surface area contributed by atoms with Gasteiger partial charge in [-0.2, -0.15) is 5.10 Å². The minimum Gasteiger partial charge on any atom is -0.343 e. The number of amides is 1. The molecule has 1 aliphatic heterocycles. The number of hydrogen-bond acceptors (Lipinski definition) is 3. The number of carbonyl (C=O) groups is 1.